The van der Waals surface area contributed by atoms with E-state index >= 15 is 0 Å². The molecule has 1 saturated heterocycles. The molecule has 1 aromatic rings. The van der Waals surface area contributed by atoms with Gasteiger partial charge in [0, 0.05) is 19.7 Å². The second kappa shape index (κ2) is 7.77. The Hall–Kier alpha value is -1.62. The van der Waals surface area contributed by atoms with Crippen LogP contribution in [0.3, 0.4) is 0 Å². The number of para-hydroxylation sites is 1. The van der Waals surface area contributed by atoms with Gasteiger partial charge in [0.05, 0.1) is 0 Å². The number of benzene rings is 1. The molecule has 1 aromatic carbocycles. The highest BCUT2D eigenvalue weighted by Gasteiger charge is 2.36. The fraction of sp³-hybridized carbons (Fsp3) is 0.611. The summed E-state index contributed by atoms with van der Waals surface area (Å²) in [5.74, 6) is -0.441. The molecular weight excluding hydrogens is 297 g/mol. The molecule has 1 aliphatic heterocycles. The van der Waals surface area contributed by atoms with Gasteiger partial charge in [-0.2, -0.15) is 0 Å². The predicted octanol–water partition coefficient (Wildman–Crippen LogP) is 2.99. The van der Waals surface area contributed by atoms with E-state index in [0.29, 0.717) is 19.5 Å². The van der Waals surface area contributed by atoms with Gasteiger partial charge in [0.25, 0.3) is 5.91 Å². The minimum atomic E-state index is -0.671. The number of piperidine rings is 1. The van der Waals surface area contributed by atoms with E-state index in [2.05, 4.69) is 6.92 Å². The van der Waals surface area contributed by atoms with Crippen molar-refractivity contribution in [3.63, 3.8) is 0 Å². The zero-order valence-corrected chi connectivity index (χ0v) is 13.9. The Morgan fingerprint density at radius 2 is 2.00 bits per heavy atom. The molecule has 1 N–H and O–H groups in total. The SMILES string of the molecule is CCC(Oc1ccccc1F)C(=O)N1CCC(CC)(CO)CC1. The highest BCUT2D eigenvalue weighted by atomic mass is 19.1. The summed E-state index contributed by atoms with van der Waals surface area (Å²) in [4.78, 5) is 14.4. The van der Waals surface area contributed by atoms with Gasteiger partial charge in [-0.05, 0) is 43.2 Å². The Morgan fingerprint density at radius 1 is 1.35 bits per heavy atom. The number of nitrogens with zero attached hydrogens (tertiary/aromatic N) is 1. The quantitative estimate of drug-likeness (QED) is 0.875. The van der Waals surface area contributed by atoms with Gasteiger partial charge in [-0.1, -0.05) is 26.0 Å². The Balaban J connectivity index is 2.00. The van der Waals surface area contributed by atoms with Crippen LogP contribution in [0.25, 0.3) is 0 Å². The fourth-order valence-corrected chi connectivity index (χ4v) is 3.03. The molecule has 1 fully saturated rings. The number of hydrogen-bond acceptors (Lipinski definition) is 3. The molecule has 0 bridgehead atoms. The first-order valence-electron chi connectivity index (χ1n) is 8.36. The van der Waals surface area contributed by atoms with Crippen molar-refractivity contribution in [1.29, 1.82) is 0 Å². The first kappa shape index (κ1) is 17.7. The molecule has 1 aliphatic rings. The van der Waals surface area contributed by atoms with Crippen LogP contribution in [0, 0.1) is 11.2 Å². The van der Waals surface area contributed by atoms with Crippen LogP contribution in [-0.2, 0) is 4.79 Å². The molecule has 0 radical (unpaired) electrons. The topological polar surface area (TPSA) is 49.8 Å². The van der Waals surface area contributed by atoms with Crippen LogP contribution in [0.1, 0.15) is 39.5 Å². The van der Waals surface area contributed by atoms with E-state index in [1.54, 1.807) is 17.0 Å². The average Bonchev–Trinajstić information content (AvgIpc) is 2.60. The number of aliphatic hydroxyl groups is 1. The smallest absolute Gasteiger partial charge is 0.263 e. The number of hydrogen-bond donors (Lipinski definition) is 1. The maximum atomic E-state index is 13.7. The van der Waals surface area contributed by atoms with Crippen molar-refractivity contribution >= 4 is 5.91 Å². The van der Waals surface area contributed by atoms with E-state index < -0.39 is 11.9 Å². The molecule has 0 saturated carbocycles. The predicted molar refractivity (Wildman–Crippen MR) is 86.7 cm³/mol. The summed E-state index contributed by atoms with van der Waals surface area (Å²) in [5.41, 5.74) is -0.0646. The number of carbonyl (C=O) groups is 1. The van der Waals surface area contributed by atoms with Crippen LogP contribution in [0.2, 0.25) is 0 Å². The molecule has 1 heterocycles. The lowest BCUT2D eigenvalue weighted by atomic mass is 9.77. The number of rotatable bonds is 6. The summed E-state index contributed by atoms with van der Waals surface area (Å²) in [6, 6.07) is 6.14. The van der Waals surface area contributed by atoms with E-state index in [0.717, 1.165) is 19.3 Å². The van der Waals surface area contributed by atoms with Crippen LogP contribution in [-0.4, -0.2) is 41.7 Å². The fourth-order valence-electron chi connectivity index (χ4n) is 3.03. The number of carbonyl (C=O) groups excluding carboxylic acids is 1. The van der Waals surface area contributed by atoms with Crippen LogP contribution in [0.4, 0.5) is 4.39 Å². The van der Waals surface area contributed by atoms with Crippen LogP contribution < -0.4 is 4.74 Å². The molecule has 2 rings (SSSR count). The Kier molecular flexibility index (Phi) is 5.99. The summed E-state index contributed by atoms with van der Waals surface area (Å²) in [6.45, 7) is 5.32. The van der Waals surface area contributed by atoms with Crippen LogP contribution >= 0.6 is 0 Å². The third-order valence-corrected chi connectivity index (χ3v) is 4.97. The van der Waals surface area contributed by atoms with Gasteiger partial charge in [0.1, 0.15) is 0 Å². The van der Waals surface area contributed by atoms with Crippen molar-refractivity contribution in [1.82, 2.24) is 4.90 Å². The number of halogens is 1. The summed E-state index contributed by atoms with van der Waals surface area (Å²) >= 11 is 0. The van der Waals surface area contributed by atoms with Crippen LogP contribution in [0.15, 0.2) is 24.3 Å². The zero-order valence-electron chi connectivity index (χ0n) is 13.9. The minimum Gasteiger partial charge on any atom is -0.478 e. The van der Waals surface area contributed by atoms with Gasteiger partial charge < -0.3 is 14.7 Å². The summed E-state index contributed by atoms with van der Waals surface area (Å²) in [5, 5.41) is 9.58. The Morgan fingerprint density at radius 3 is 2.52 bits per heavy atom. The molecule has 23 heavy (non-hydrogen) atoms. The molecular formula is C18H26FNO3. The third kappa shape index (κ3) is 4.02. The maximum absolute atomic E-state index is 13.7. The van der Waals surface area contributed by atoms with Gasteiger partial charge in [-0.25, -0.2) is 4.39 Å². The summed E-state index contributed by atoms with van der Waals surface area (Å²) < 4.78 is 19.3. The van der Waals surface area contributed by atoms with Crippen molar-refractivity contribution in [2.45, 2.75) is 45.6 Å². The second-order valence-electron chi connectivity index (χ2n) is 6.28. The van der Waals surface area contributed by atoms with Crippen LogP contribution in [0.5, 0.6) is 5.75 Å². The molecule has 5 heteroatoms. The lowest BCUT2D eigenvalue weighted by Gasteiger charge is -2.41. The van der Waals surface area contributed by atoms with E-state index in [1.165, 1.54) is 12.1 Å². The van der Waals surface area contributed by atoms with E-state index in [4.69, 9.17) is 4.74 Å². The monoisotopic (exact) mass is 323 g/mol. The molecule has 1 amide bonds. The Labute approximate surface area is 137 Å². The summed E-state index contributed by atoms with van der Waals surface area (Å²) in [7, 11) is 0. The second-order valence-corrected chi connectivity index (χ2v) is 6.28. The number of amides is 1. The Bertz CT molecular complexity index is 521. The molecule has 0 aliphatic carbocycles. The largest absolute Gasteiger partial charge is 0.478 e. The van der Waals surface area contributed by atoms with Gasteiger partial charge >= 0.3 is 0 Å². The molecule has 4 nitrogen and oxygen atoms in total. The number of likely N-dealkylation sites (tertiary alicyclic amines) is 1. The van der Waals surface area contributed by atoms with E-state index in [9.17, 15) is 14.3 Å². The lowest BCUT2D eigenvalue weighted by Crippen LogP contribution is -2.49. The standard InChI is InChI=1S/C18H26FNO3/c1-3-15(23-16-8-6-5-7-14(16)19)17(22)20-11-9-18(4-2,13-21)10-12-20/h5-8,15,21H,3-4,9-13H2,1-2H3. The van der Waals surface area contributed by atoms with Crippen molar-refractivity contribution in [3.05, 3.63) is 30.1 Å². The molecule has 128 valence electrons. The normalized spacial score (nSPS) is 18.5. The van der Waals surface area contributed by atoms with Gasteiger partial charge in [0.2, 0.25) is 0 Å². The first-order chi connectivity index (χ1) is 11.0. The third-order valence-electron chi connectivity index (χ3n) is 4.97. The van der Waals surface area contributed by atoms with Crippen molar-refractivity contribution < 1.29 is 19.0 Å². The van der Waals surface area contributed by atoms with Gasteiger partial charge in [0.15, 0.2) is 17.7 Å². The highest BCUT2D eigenvalue weighted by Crippen LogP contribution is 2.34. The molecule has 1 unspecified atom stereocenters. The number of aliphatic hydroxyl groups excluding tert-OH is 1. The molecule has 1 atom stereocenters. The van der Waals surface area contributed by atoms with E-state index in [-0.39, 0.29) is 23.7 Å². The first-order valence-corrected chi connectivity index (χ1v) is 8.36. The number of ether oxygens (including phenoxy) is 1. The zero-order chi connectivity index (χ0) is 16.9. The van der Waals surface area contributed by atoms with Crippen molar-refractivity contribution in [2.75, 3.05) is 19.7 Å². The van der Waals surface area contributed by atoms with Gasteiger partial charge in [-0.15, -0.1) is 0 Å². The minimum absolute atomic E-state index is 0.0646. The van der Waals surface area contributed by atoms with Crippen molar-refractivity contribution in [2.24, 2.45) is 5.41 Å². The highest BCUT2D eigenvalue weighted by molar-refractivity contribution is 5.81. The maximum Gasteiger partial charge on any atom is 0.263 e. The van der Waals surface area contributed by atoms with Gasteiger partial charge in [-0.3, -0.25) is 4.79 Å². The summed E-state index contributed by atoms with van der Waals surface area (Å²) in [6.07, 6.45) is 2.32. The van der Waals surface area contributed by atoms with Crippen molar-refractivity contribution in [3.8, 4) is 5.75 Å². The molecule has 0 spiro atoms. The average molecular weight is 323 g/mol. The lowest BCUT2D eigenvalue weighted by molar-refractivity contribution is -0.141. The van der Waals surface area contributed by atoms with E-state index in [1.807, 2.05) is 6.92 Å². The molecule has 0 aromatic heterocycles.